The second kappa shape index (κ2) is 4.73. The Morgan fingerprint density at radius 3 is 2.76 bits per heavy atom. The number of carbonyl (C=O) groups is 1. The number of hydrogen-bond acceptors (Lipinski definition) is 3. The van der Waals surface area contributed by atoms with Gasteiger partial charge in [0.25, 0.3) is 0 Å². The number of carbonyl (C=O) groups excluding carboxylic acids is 1. The first-order valence-electron chi connectivity index (χ1n) is 7.99. The molecular weight excluding hydrogens is 264 g/mol. The van der Waals surface area contributed by atoms with Crippen molar-refractivity contribution in [1.29, 1.82) is 0 Å². The zero-order valence-electron chi connectivity index (χ0n) is 12.5. The van der Waals surface area contributed by atoms with Gasteiger partial charge in [0.05, 0.1) is 7.11 Å². The molecule has 2 heterocycles. The lowest BCUT2D eigenvalue weighted by atomic mass is 9.91. The van der Waals surface area contributed by atoms with Crippen LogP contribution in [0.3, 0.4) is 0 Å². The minimum atomic E-state index is -0.275. The summed E-state index contributed by atoms with van der Waals surface area (Å²) in [4.78, 5) is 14.6. The molecule has 3 aliphatic rings. The number of methoxy groups -OCH3 is 1. The van der Waals surface area contributed by atoms with E-state index in [4.69, 9.17) is 4.74 Å². The predicted octanol–water partition coefficient (Wildman–Crippen LogP) is 2.38. The van der Waals surface area contributed by atoms with Crippen LogP contribution in [0.25, 0.3) is 0 Å². The highest BCUT2D eigenvalue weighted by molar-refractivity contribution is 5.81. The minimum absolute atomic E-state index is 0.275. The zero-order valence-corrected chi connectivity index (χ0v) is 12.5. The maximum Gasteiger partial charge on any atom is 0.224 e. The number of fused-ring (bicyclic) bond motifs is 3. The third-order valence-electron chi connectivity index (χ3n) is 5.43. The maximum atomic E-state index is 12.5. The van der Waals surface area contributed by atoms with E-state index in [1.54, 1.807) is 7.11 Å². The van der Waals surface area contributed by atoms with Gasteiger partial charge in [-0.15, -0.1) is 0 Å². The summed E-state index contributed by atoms with van der Waals surface area (Å²) in [5.41, 5.74) is 0.923. The zero-order chi connectivity index (χ0) is 14.4. The molecule has 1 aromatic rings. The van der Waals surface area contributed by atoms with Gasteiger partial charge in [0, 0.05) is 18.5 Å². The predicted molar refractivity (Wildman–Crippen MR) is 79.9 cm³/mol. The quantitative estimate of drug-likeness (QED) is 0.907. The molecule has 4 heteroatoms. The summed E-state index contributed by atoms with van der Waals surface area (Å²) in [5, 5.41) is 3.82. The fourth-order valence-corrected chi connectivity index (χ4v) is 4.48. The molecule has 21 heavy (non-hydrogen) atoms. The molecule has 1 N–H and O–H groups in total. The molecule has 0 radical (unpaired) electrons. The molecule has 0 bridgehead atoms. The molecule has 3 atom stereocenters. The van der Waals surface area contributed by atoms with E-state index >= 15 is 0 Å². The second-order valence-corrected chi connectivity index (χ2v) is 6.46. The van der Waals surface area contributed by atoms with Gasteiger partial charge in [0.15, 0.2) is 0 Å². The van der Waals surface area contributed by atoms with Crippen molar-refractivity contribution in [3.63, 3.8) is 0 Å². The summed E-state index contributed by atoms with van der Waals surface area (Å²) in [7, 11) is 1.68. The average molecular weight is 286 g/mol. The lowest BCUT2D eigenvalue weighted by molar-refractivity contribution is -0.132. The summed E-state index contributed by atoms with van der Waals surface area (Å²) < 4.78 is 5.26. The van der Waals surface area contributed by atoms with Crippen LogP contribution in [0.5, 0.6) is 5.75 Å². The van der Waals surface area contributed by atoms with Crippen LogP contribution in [0.1, 0.15) is 44.1 Å². The third kappa shape index (κ3) is 1.81. The van der Waals surface area contributed by atoms with Gasteiger partial charge < -0.3 is 9.64 Å². The molecule has 1 saturated carbocycles. The summed E-state index contributed by atoms with van der Waals surface area (Å²) in [5.74, 6) is 1.18. The fraction of sp³-hybridized carbons (Fsp3) is 0.588. The van der Waals surface area contributed by atoms with Crippen LogP contribution < -0.4 is 10.1 Å². The highest BCUT2D eigenvalue weighted by Gasteiger charge is 2.57. The molecule has 0 spiro atoms. The number of hydrogen-bond donors (Lipinski definition) is 1. The smallest absolute Gasteiger partial charge is 0.224 e. The first-order chi connectivity index (χ1) is 10.2. The molecule has 0 unspecified atom stereocenters. The van der Waals surface area contributed by atoms with E-state index in [1.807, 2.05) is 12.1 Å². The summed E-state index contributed by atoms with van der Waals surface area (Å²) in [6.07, 6.45) is 6.38. The first kappa shape index (κ1) is 13.1. The monoisotopic (exact) mass is 286 g/mol. The largest absolute Gasteiger partial charge is 0.497 e. The Kier molecular flexibility index (Phi) is 2.96. The number of ether oxygens (including phenoxy) is 1. The van der Waals surface area contributed by atoms with Crippen LogP contribution >= 0.6 is 0 Å². The van der Waals surface area contributed by atoms with Crippen LogP contribution in [-0.2, 0) is 10.5 Å². The van der Waals surface area contributed by atoms with Crippen molar-refractivity contribution in [3.8, 4) is 5.75 Å². The van der Waals surface area contributed by atoms with Crippen molar-refractivity contribution in [3.05, 3.63) is 29.8 Å². The van der Waals surface area contributed by atoms with Gasteiger partial charge in [-0.2, -0.15) is 0 Å². The molecule has 4 nitrogen and oxygen atoms in total. The van der Waals surface area contributed by atoms with E-state index in [0.29, 0.717) is 24.4 Å². The molecule has 3 fully saturated rings. The number of amides is 1. The van der Waals surface area contributed by atoms with Crippen molar-refractivity contribution in [2.75, 3.05) is 7.11 Å². The van der Waals surface area contributed by atoms with Crippen LogP contribution in [-0.4, -0.2) is 30.0 Å². The Hall–Kier alpha value is -1.55. The lowest BCUT2D eigenvalue weighted by Gasteiger charge is -2.35. The molecule has 0 aromatic heterocycles. The van der Waals surface area contributed by atoms with E-state index in [0.717, 1.165) is 18.6 Å². The number of rotatable bonds is 2. The molecule has 1 amide bonds. The normalized spacial score (nSPS) is 34.7. The van der Waals surface area contributed by atoms with Gasteiger partial charge in [-0.05, 0) is 37.0 Å². The fourth-order valence-electron chi connectivity index (χ4n) is 4.48. The molecular formula is C17H22N2O2. The SMILES string of the molecule is COc1ccc([C@@]23CCC(=O)N2[C@@H]2CCCC[C@@H]2N3)cc1. The number of nitrogens with one attached hydrogen (secondary N) is 1. The Bertz CT molecular complexity index is 556. The van der Waals surface area contributed by atoms with E-state index in [-0.39, 0.29) is 5.66 Å². The van der Waals surface area contributed by atoms with Gasteiger partial charge in [-0.25, -0.2) is 0 Å². The van der Waals surface area contributed by atoms with Gasteiger partial charge in [0.2, 0.25) is 5.91 Å². The van der Waals surface area contributed by atoms with Crippen LogP contribution in [0, 0.1) is 0 Å². The Labute approximate surface area is 125 Å². The van der Waals surface area contributed by atoms with Crippen molar-refractivity contribution in [2.24, 2.45) is 0 Å². The maximum absolute atomic E-state index is 12.5. The van der Waals surface area contributed by atoms with Crippen LogP contribution in [0.4, 0.5) is 0 Å². The van der Waals surface area contributed by atoms with Crippen LogP contribution in [0.2, 0.25) is 0 Å². The Morgan fingerprint density at radius 1 is 1.24 bits per heavy atom. The van der Waals surface area contributed by atoms with Gasteiger partial charge >= 0.3 is 0 Å². The summed E-state index contributed by atoms with van der Waals surface area (Å²) in [6.45, 7) is 0. The van der Waals surface area contributed by atoms with E-state index < -0.39 is 0 Å². The van der Waals surface area contributed by atoms with Gasteiger partial charge in [0.1, 0.15) is 11.4 Å². The van der Waals surface area contributed by atoms with Gasteiger partial charge in [-0.3, -0.25) is 10.1 Å². The summed E-state index contributed by atoms with van der Waals surface area (Å²) >= 11 is 0. The van der Waals surface area contributed by atoms with Crippen molar-refractivity contribution in [2.45, 2.75) is 56.3 Å². The molecule has 1 aromatic carbocycles. The lowest BCUT2D eigenvalue weighted by Crippen LogP contribution is -2.47. The first-order valence-corrected chi connectivity index (χ1v) is 7.99. The number of benzene rings is 1. The highest BCUT2D eigenvalue weighted by atomic mass is 16.5. The van der Waals surface area contributed by atoms with E-state index in [9.17, 15) is 4.79 Å². The number of nitrogens with zero attached hydrogens (tertiary/aromatic N) is 1. The van der Waals surface area contributed by atoms with Crippen molar-refractivity contribution in [1.82, 2.24) is 10.2 Å². The van der Waals surface area contributed by atoms with E-state index in [1.165, 1.54) is 24.8 Å². The Balaban J connectivity index is 1.74. The molecule has 1 aliphatic carbocycles. The molecule has 112 valence electrons. The highest BCUT2D eigenvalue weighted by Crippen LogP contribution is 2.47. The van der Waals surface area contributed by atoms with Crippen LogP contribution in [0.15, 0.2) is 24.3 Å². The standard InChI is InChI=1S/C17H22N2O2/c1-21-13-8-6-12(7-9-13)17-11-10-16(20)19(17)15-5-3-2-4-14(15)18-17/h6-9,14-15,18H,2-5,10-11H2,1H3/t14-,15+,17+/m0/s1. The topological polar surface area (TPSA) is 41.6 Å². The molecule has 2 saturated heterocycles. The van der Waals surface area contributed by atoms with Crippen molar-refractivity contribution < 1.29 is 9.53 Å². The van der Waals surface area contributed by atoms with Crippen molar-refractivity contribution >= 4 is 5.91 Å². The minimum Gasteiger partial charge on any atom is -0.497 e. The van der Waals surface area contributed by atoms with Gasteiger partial charge in [-0.1, -0.05) is 25.0 Å². The summed E-state index contributed by atoms with van der Waals surface area (Å²) in [6, 6.07) is 9.05. The Morgan fingerprint density at radius 2 is 2.00 bits per heavy atom. The average Bonchev–Trinajstić information content (AvgIpc) is 3.03. The molecule has 2 aliphatic heterocycles. The van der Waals surface area contributed by atoms with E-state index in [2.05, 4.69) is 22.3 Å². The second-order valence-electron chi connectivity index (χ2n) is 6.46. The molecule has 4 rings (SSSR count). The third-order valence-corrected chi connectivity index (χ3v) is 5.43.